The lowest BCUT2D eigenvalue weighted by Gasteiger charge is -2.18. The normalized spacial score (nSPS) is 17.1. The van der Waals surface area contributed by atoms with Gasteiger partial charge in [0.2, 0.25) is 0 Å². The van der Waals surface area contributed by atoms with E-state index in [2.05, 4.69) is 5.10 Å². The number of rotatable bonds is 3. The number of halogens is 1. The van der Waals surface area contributed by atoms with E-state index in [0.717, 1.165) is 11.3 Å². The van der Waals surface area contributed by atoms with Gasteiger partial charge in [-0.3, -0.25) is 4.79 Å². The number of carbonyl (C=O) groups excluding carboxylic acids is 1. The van der Waals surface area contributed by atoms with Gasteiger partial charge in [-0.15, -0.1) is 0 Å². The molecule has 0 unspecified atom stereocenters. The standard InChI is InChI=1S/C18H13ClN2O3/c19-13-7-5-12(6-8-13)14-11-15(16-3-1-9-23-16)21(20-14)18(22)17-4-2-10-24-17/h1-10,15H,11H2/t15-/m0/s1. The lowest BCUT2D eigenvalue weighted by molar-refractivity contribution is 0.0660. The molecule has 3 aromatic rings. The number of carbonyl (C=O) groups is 1. The molecule has 1 amide bonds. The van der Waals surface area contributed by atoms with E-state index < -0.39 is 0 Å². The highest BCUT2D eigenvalue weighted by Gasteiger charge is 2.36. The van der Waals surface area contributed by atoms with Gasteiger partial charge in [0.15, 0.2) is 5.76 Å². The summed E-state index contributed by atoms with van der Waals surface area (Å²) < 4.78 is 10.7. The van der Waals surface area contributed by atoms with Crippen molar-refractivity contribution in [1.82, 2.24) is 5.01 Å². The Labute approximate surface area is 143 Å². The number of nitrogens with zero attached hydrogens (tertiary/aromatic N) is 2. The average Bonchev–Trinajstić information content (AvgIpc) is 3.34. The van der Waals surface area contributed by atoms with Crippen LogP contribution in [0.5, 0.6) is 0 Å². The van der Waals surface area contributed by atoms with E-state index in [1.165, 1.54) is 11.3 Å². The highest BCUT2D eigenvalue weighted by molar-refractivity contribution is 6.30. The molecule has 0 bridgehead atoms. The molecule has 5 nitrogen and oxygen atoms in total. The SMILES string of the molecule is O=C(c1ccco1)N1N=C(c2ccc(Cl)cc2)C[C@H]1c1ccco1. The molecule has 0 radical (unpaired) electrons. The summed E-state index contributed by atoms with van der Waals surface area (Å²) in [5.74, 6) is 0.626. The van der Waals surface area contributed by atoms with E-state index in [4.69, 9.17) is 20.4 Å². The first-order valence-electron chi connectivity index (χ1n) is 7.46. The van der Waals surface area contributed by atoms with Gasteiger partial charge in [0.05, 0.1) is 18.2 Å². The molecule has 0 N–H and O–H groups in total. The largest absolute Gasteiger partial charge is 0.467 e. The second-order valence-electron chi connectivity index (χ2n) is 5.42. The van der Waals surface area contributed by atoms with Gasteiger partial charge in [0.25, 0.3) is 0 Å². The highest BCUT2D eigenvalue weighted by Crippen LogP contribution is 2.34. The Morgan fingerprint density at radius 3 is 2.50 bits per heavy atom. The zero-order chi connectivity index (χ0) is 16.5. The Morgan fingerprint density at radius 1 is 1.08 bits per heavy atom. The van der Waals surface area contributed by atoms with Crippen molar-refractivity contribution in [2.75, 3.05) is 0 Å². The zero-order valence-corrected chi connectivity index (χ0v) is 13.3. The number of hydrogen-bond acceptors (Lipinski definition) is 4. The Bertz CT molecular complexity index is 868. The fraction of sp³-hybridized carbons (Fsp3) is 0.111. The second kappa shape index (κ2) is 6.02. The fourth-order valence-corrected chi connectivity index (χ4v) is 2.86. The summed E-state index contributed by atoms with van der Waals surface area (Å²) in [6, 6.07) is 14.0. The summed E-state index contributed by atoms with van der Waals surface area (Å²) in [7, 11) is 0. The van der Waals surface area contributed by atoms with E-state index in [1.807, 2.05) is 18.2 Å². The molecule has 1 aliphatic heterocycles. The minimum Gasteiger partial charge on any atom is -0.467 e. The van der Waals surface area contributed by atoms with Gasteiger partial charge in [0.1, 0.15) is 11.8 Å². The third kappa shape index (κ3) is 2.63. The maximum atomic E-state index is 12.7. The van der Waals surface area contributed by atoms with Crippen LogP contribution in [0.1, 0.15) is 34.3 Å². The summed E-state index contributed by atoms with van der Waals surface area (Å²) in [6.07, 6.45) is 3.61. The molecule has 0 aliphatic carbocycles. The summed E-state index contributed by atoms with van der Waals surface area (Å²) in [4.78, 5) is 12.7. The molecule has 0 saturated heterocycles. The van der Waals surface area contributed by atoms with Crippen LogP contribution in [0.25, 0.3) is 0 Å². The molecule has 0 saturated carbocycles. The van der Waals surface area contributed by atoms with Crippen LogP contribution in [0.4, 0.5) is 0 Å². The van der Waals surface area contributed by atoms with Crippen molar-refractivity contribution in [3.63, 3.8) is 0 Å². The fourth-order valence-electron chi connectivity index (χ4n) is 2.73. The smallest absolute Gasteiger partial charge is 0.310 e. The van der Waals surface area contributed by atoms with Crippen molar-refractivity contribution in [2.45, 2.75) is 12.5 Å². The number of furan rings is 2. The molecule has 0 fully saturated rings. The van der Waals surface area contributed by atoms with Crippen LogP contribution in [-0.4, -0.2) is 16.6 Å². The van der Waals surface area contributed by atoms with Crippen LogP contribution < -0.4 is 0 Å². The zero-order valence-electron chi connectivity index (χ0n) is 12.6. The van der Waals surface area contributed by atoms with Crippen LogP contribution in [0.2, 0.25) is 5.02 Å². The molecule has 120 valence electrons. The van der Waals surface area contributed by atoms with Gasteiger partial charge in [-0.25, -0.2) is 5.01 Å². The number of amides is 1. The Hall–Kier alpha value is -2.79. The molecule has 24 heavy (non-hydrogen) atoms. The maximum Gasteiger partial charge on any atom is 0.310 e. The third-order valence-electron chi connectivity index (χ3n) is 3.90. The van der Waals surface area contributed by atoms with Gasteiger partial charge in [0, 0.05) is 11.4 Å². The summed E-state index contributed by atoms with van der Waals surface area (Å²) in [6.45, 7) is 0. The van der Waals surface area contributed by atoms with Gasteiger partial charge in [-0.05, 0) is 42.0 Å². The molecule has 6 heteroatoms. The lowest BCUT2D eigenvalue weighted by Crippen LogP contribution is -2.26. The van der Waals surface area contributed by atoms with E-state index in [1.54, 1.807) is 36.6 Å². The first kappa shape index (κ1) is 14.8. The average molecular weight is 341 g/mol. The van der Waals surface area contributed by atoms with Crippen LogP contribution in [0.15, 0.2) is 75.0 Å². The Morgan fingerprint density at radius 2 is 1.83 bits per heavy atom. The van der Waals surface area contributed by atoms with Crippen LogP contribution in [-0.2, 0) is 0 Å². The van der Waals surface area contributed by atoms with E-state index in [9.17, 15) is 4.79 Å². The summed E-state index contributed by atoms with van der Waals surface area (Å²) in [5, 5.41) is 6.59. The molecule has 3 heterocycles. The first-order chi connectivity index (χ1) is 11.7. The summed E-state index contributed by atoms with van der Waals surface area (Å²) in [5.41, 5.74) is 1.72. The number of benzene rings is 1. The van der Waals surface area contributed by atoms with Crippen molar-refractivity contribution in [3.8, 4) is 0 Å². The van der Waals surface area contributed by atoms with E-state index in [-0.39, 0.29) is 17.7 Å². The molecular formula is C18H13ClN2O3. The predicted octanol–water partition coefficient (Wildman–Crippen LogP) is 4.52. The quantitative estimate of drug-likeness (QED) is 0.704. The van der Waals surface area contributed by atoms with Gasteiger partial charge in [-0.1, -0.05) is 23.7 Å². The summed E-state index contributed by atoms with van der Waals surface area (Å²) >= 11 is 5.94. The third-order valence-corrected chi connectivity index (χ3v) is 4.15. The van der Waals surface area contributed by atoms with Crippen molar-refractivity contribution in [1.29, 1.82) is 0 Å². The molecule has 0 spiro atoms. The predicted molar refractivity (Wildman–Crippen MR) is 88.9 cm³/mol. The highest BCUT2D eigenvalue weighted by atomic mass is 35.5. The van der Waals surface area contributed by atoms with Crippen molar-refractivity contribution in [2.24, 2.45) is 5.10 Å². The molecular weight excluding hydrogens is 328 g/mol. The van der Waals surface area contributed by atoms with Crippen molar-refractivity contribution in [3.05, 3.63) is 83.2 Å². The molecule has 2 aromatic heterocycles. The number of hydrazone groups is 1. The molecule has 4 rings (SSSR count). The maximum absolute atomic E-state index is 12.7. The lowest BCUT2D eigenvalue weighted by atomic mass is 10.0. The second-order valence-corrected chi connectivity index (χ2v) is 5.85. The van der Waals surface area contributed by atoms with Crippen LogP contribution in [0, 0.1) is 0 Å². The monoisotopic (exact) mass is 340 g/mol. The van der Waals surface area contributed by atoms with Gasteiger partial charge in [-0.2, -0.15) is 5.10 Å². The minimum atomic E-state index is -0.303. The van der Waals surface area contributed by atoms with Crippen LogP contribution in [0.3, 0.4) is 0 Å². The van der Waals surface area contributed by atoms with Gasteiger partial charge < -0.3 is 8.83 Å². The topological polar surface area (TPSA) is 59.0 Å². The molecule has 1 aliphatic rings. The molecule has 1 atom stereocenters. The number of hydrogen-bond donors (Lipinski definition) is 0. The molecule has 1 aromatic carbocycles. The van der Waals surface area contributed by atoms with E-state index >= 15 is 0 Å². The Kier molecular flexibility index (Phi) is 3.70. The van der Waals surface area contributed by atoms with Crippen molar-refractivity contribution >= 4 is 23.2 Å². The van der Waals surface area contributed by atoms with Gasteiger partial charge >= 0.3 is 5.91 Å². The van der Waals surface area contributed by atoms with E-state index in [0.29, 0.717) is 17.2 Å². The Balaban J connectivity index is 1.71. The minimum absolute atomic E-state index is 0.243. The first-order valence-corrected chi connectivity index (χ1v) is 7.84. The van der Waals surface area contributed by atoms with Crippen molar-refractivity contribution < 1.29 is 13.6 Å². The van der Waals surface area contributed by atoms with Crippen LogP contribution >= 0.6 is 11.6 Å².